The van der Waals surface area contributed by atoms with Gasteiger partial charge in [-0.2, -0.15) is 13.2 Å². The summed E-state index contributed by atoms with van der Waals surface area (Å²) in [4.78, 5) is 9.91. The van der Waals surface area contributed by atoms with E-state index in [0.29, 0.717) is 0 Å². The van der Waals surface area contributed by atoms with E-state index in [1.165, 1.54) is 0 Å². The van der Waals surface area contributed by atoms with Crippen molar-refractivity contribution in [3.8, 4) is 0 Å². The van der Waals surface area contributed by atoms with Crippen LogP contribution in [0, 0.1) is 0 Å². The second-order valence-corrected chi connectivity index (χ2v) is 22.1. The molecule has 0 aromatic carbocycles. The third-order valence-corrected chi connectivity index (χ3v) is 0.619. The molecule has 0 fully saturated rings. The number of alkyl halides is 3. The van der Waals surface area contributed by atoms with Crippen LogP contribution in [0.4, 0.5) is 13.2 Å². The van der Waals surface area contributed by atoms with E-state index >= 15 is 0 Å². The van der Waals surface area contributed by atoms with Crippen LogP contribution in [0.25, 0.3) is 0 Å². The summed E-state index contributed by atoms with van der Waals surface area (Å²) in [5.41, 5.74) is 0. The number of hydrogen-bond acceptors (Lipinski definition) is 2. The molecular formula is C5H5Cl4F3NbO2. The normalized spacial score (nSPS) is 12.9. The number of aliphatic hydroxyl groups is 1. The van der Waals surface area contributed by atoms with E-state index in [2.05, 4.69) is 0 Å². The maximum atomic E-state index is 11.3. The summed E-state index contributed by atoms with van der Waals surface area (Å²) < 4.78 is 33.9. The average molecular weight is 389 g/mol. The van der Waals surface area contributed by atoms with Gasteiger partial charge in [-0.25, -0.2) is 0 Å². The number of rotatable bonds is 1. The van der Waals surface area contributed by atoms with Gasteiger partial charge in [0.15, 0.2) is 0 Å². The van der Waals surface area contributed by atoms with Gasteiger partial charge in [-0.05, 0) is 6.92 Å². The van der Waals surface area contributed by atoms with Crippen LogP contribution in [0.5, 0.6) is 0 Å². The summed E-state index contributed by atoms with van der Waals surface area (Å²) >= 11 is -3.21. The van der Waals surface area contributed by atoms with Gasteiger partial charge in [-0.3, -0.25) is 4.79 Å². The minimum atomic E-state index is -4.88. The molecule has 0 bridgehead atoms. The molecule has 0 aliphatic carbocycles. The van der Waals surface area contributed by atoms with Crippen molar-refractivity contribution in [3.63, 3.8) is 0 Å². The number of carbonyl (C=O) groups is 1. The Morgan fingerprint density at radius 1 is 1.27 bits per heavy atom. The van der Waals surface area contributed by atoms with Crippen LogP contribution in [0.3, 0.4) is 0 Å². The predicted molar refractivity (Wildman–Crippen MR) is 50.9 cm³/mol. The predicted octanol–water partition coefficient (Wildman–Crippen LogP) is 4.34. The van der Waals surface area contributed by atoms with Crippen molar-refractivity contribution in [3.05, 3.63) is 11.8 Å². The Hall–Kier alpha value is 0.900. The van der Waals surface area contributed by atoms with Crippen molar-refractivity contribution in [2.45, 2.75) is 13.1 Å². The molecule has 10 heteroatoms. The Bertz CT molecular complexity index is 238. The molecule has 0 amide bonds. The van der Waals surface area contributed by atoms with E-state index < -0.39 is 30.5 Å². The molecule has 0 heterocycles. The van der Waals surface area contributed by atoms with Crippen LogP contribution in [-0.4, -0.2) is 17.1 Å². The van der Waals surface area contributed by atoms with E-state index in [-0.39, 0.29) is 6.08 Å². The summed E-state index contributed by atoms with van der Waals surface area (Å²) in [5.74, 6) is -2.70. The number of ketones is 1. The first-order valence-corrected chi connectivity index (χ1v) is 14.3. The molecule has 0 aliphatic rings. The van der Waals surface area contributed by atoms with Gasteiger partial charge in [0.05, 0.1) is 5.76 Å². The summed E-state index contributed by atoms with van der Waals surface area (Å²) in [6.45, 7) is 0.990. The molecule has 0 saturated heterocycles. The molecule has 0 radical (unpaired) electrons. The van der Waals surface area contributed by atoms with E-state index in [9.17, 15) is 18.0 Å². The van der Waals surface area contributed by atoms with Crippen molar-refractivity contribution in [2.75, 3.05) is 0 Å². The van der Waals surface area contributed by atoms with Gasteiger partial charge in [0, 0.05) is 6.08 Å². The Morgan fingerprint density at radius 2 is 1.53 bits per heavy atom. The molecule has 0 spiro atoms. The van der Waals surface area contributed by atoms with Crippen LogP contribution in [-0.2, 0) is 17.6 Å². The van der Waals surface area contributed by atoms with E-state index in [4.69, 9.17) is 41.9 Å². The standard InChI is InChI=1S/C5H5F3O2.4ClH.Nb/c1-3(9)2-4(10)5(6,7)8;;;;;/h2,9H,1H3;4*1H;/q;;;;;+4/p-4/b3-2-;;;;;. The monoisotopic (exact) mass is 387 g/mol. The van der Waals surface area contributed by atoms with Crippen molar-refractivity contribution < 1.29 is 35.9 Å². The van der Waals surface area contributed by atoms with Gasteiger partial charge in [-0.1, -0.05) is 0 Å². The third-order valence-electron chi connectivity index (χ3n) is 0.619. The topological polar surface area (TPSA) is 37.3 Å². The molecule has 0 unspecified atom stereocenters. The zero-order valence-corrected chi connectivity index (χ0v) is 12.2. The van der Waals surface area contributed by atoms with Crippen LogP contribution in [0.1, 0.15) is 6.92 Å². The Morgan fingerprint density at radius 3 is 1.60 bits per heavy atom. The fourth-order valence-corrected chi connectivity index (χ4v) is 0.272. The minimum absolute atomic E-state index is 0.125. The quantitative estimate of drug-likeness (QED) is 0.412. The summed E-state index contributed by atoms with van der Waals surface area (Å²) in [7, 11) is 20.1. The van der Waals surface area contributed by atoms with Crippen LogP contribution < -0.4 is 0 Å². The van der Waals surface area contributed by atoms with Crippen LogP contribution >= 0.6 is 36.8 Å². The Balaban J connectivity index is 0. The average Bonchev–Trinajstić information content (AvgIpc) is 1.78. The molecule has 0 aromatic heterocycles. The number of allylic oxidation sites excluding steroid dienone is 2. The van der Waals surface area contributed by atoms with Crippen molar-refractivity contribution in [2.24, 2.45) is 0 Å². The van der Waals surface area contributed by atoms with Gasteiger partial charge < -0.3 is 5.11 Å². The van der Waals surface area contributed by atoms with Crippen LogP contribution in [0.15, 0.2) is 11.8 Å². The third kappa shape index (κ3) is 20.9. The van der Waals surface area contributed by atoms with Gasteiger partial charge in [-0.15, -0.1) is 0 Å². The molecule has 15 heavy (non-hydrogen) atoms. The van der Waals surface area contributed by atoms with Gasteiger partial charge in [0.1, 0.15) is 0 Å². The molecule has 0 aromatic rings. The Labute approximate surface area is 103 Å². The summed E-state index contributed by atoms with van der Waals surface area (Å²) in [6, 6.07) is 0. The van der Waals surface area contributed by atoms with Crippen molar-refractivity contribution in [1.29, 1.82) is 0 Å². The number of aliphatic hydroxyl groups excluding tert-OH is 1. The summed E-state index contributed by atoms with van der Waals surface area (Å²) in [6.07, 6.45) is -4.76. The molecule has 0 aliphatic heterocycles. The van der Waals surface area contributed by atoms with Crippen LogP contribution in [0.2, 0.25) is 0 Å². The molecule has 0 atom stereocenters. The second-order valence-electron chi connectivity index (χ2n) is 2.03. The molecule has 0 rings (SSSR count). The number of hydrogen-bond donors (Lipinski definition) is 1. The molecule has 1 N–H and O–H groups in total. The number of halogens is 7. The first kappa shape index (κ1) is 18.3. The summed E-state index contributed by atoms with van der Waals surface area (Å²) in [5, 5.41) is 8.23. The fraction of sp³-hybridized carbons (Fsp3) is 0.400. The first-order chi connectivity index (χ1) is 6.34. The second kappa shape index (κ2) is 7.27. The van der Waals surface area contributed by atoms with E-state index in [1.807, 2.05) is 0 Å². The van der Waals surface area contributed by atoms with Gasteiger partial charge >= 0.3 is 55.7 Å². The molecule has 91 valence electrons. The molecule has 2 nitrogen and oxygen atoms in total. The SMILES string of the molecule is C/C(O)=C/C(=O)C(F)(F)F.[Cl][Nb]([Cl])([Cl])[Cl]. The first-order valence-electron chi connectivity index (χ1n) is 3.00. The van der Waals surface area contributed by atoms with E-state index in [1.54, 1.807) is 0 Å². The van der Waals surface area contributed by atoms with Crippen molar-refractivity contribution in [1.82, 2.24) is 0 Å². The Kier molecular flexibility index (Phi) is 8.85. The van der Waals surface area contributed by atoms with E-state index in [0.717, 1.165) is 6.92 Å². The zero-order chi connectivity index (χ0) is 12.9. The molecular weight excluding hydrogens is 384 g/mol. The van der Waals surface area contributed by atoms with Gasteiger partial charge in [0.2, 0.25) is 0 Å². The maximum absolute atomic E-state index is 11.3. The number of carbonyl (C=O) groups excluding carboxylic acids is 1. The molecule has 0 saturated carbocycles. The zero-order valence-electron chi connectivity index (χ0n) is 7.03. The van der Waals surface area contributed by atoms with Crippen molar-refractivity contribution >= 4 is 42.5 Å². The fourth-order valence-electron chi connectivity index (χ4n) is 0.272. The van der Waals surface area contributed by atoms with Gasteiger partial charge in [0.25, 0.3) is 5.78 Å².